The first-order valence-electron chi connectivity index (χ1n) is 6.50. The van der Waals surface area contributed by atoms with Crippen LogP contribution in [0.15, 0.2) is 48.9 Å². The zero-order valence-electron chi connectivity index (χ0n) is 11.2. The number of amides is 1. The van der Waals surface area contributed by atoms with Gasteiger partial charge in [0, 0.05) is 23.6 Å². The number of thiazole rings is 1. The summed E-state index contributed by atoms with van der Waals surface area (Å²) < 4.78 is 2.73. The lowest BCUT2D eigenvalue weighted by molar-refractivity contribution is 0.102. The number of pyridine rings is 1. The van der Waals surface area contributed by atoms with E-state index in [-0.39, 0.29) is 5.91 Å². The van der Waals surface area contributed by atoms with Gasteiger partial charge in [-0.1, -0.05) is 22.9 Å². The Bertz CT molecular complexity index is 1010. The van der Waals surface area contributed by atoms with Crippen molar-refractivity contribution in [1.82, 2.24) is 14.4 Å². The van der Waals surface area contributed by atoms with Crippen molar-refractivity contribution in [1.29, 1.82) is 0 Å². The van der Waals surface area contributed by atoms with Gasteiger partial charge in [-0.3, -0.25) is 10.1 Å². The van der Waals surface area contributed by atoms with E-state index in [0.717, 1.165) is 10.2 Å². The summed E-state index contributed by atoms with van der Waals surface area (Å²) in [6.07, 6.45) is 5.30. The fourth-order valence-electron chi connectivity index (χ4n) is 2.24. The van der Waals surface area contributed by atoms with Gasteiger partial charge in [0.15, 0.2) is 5.13 Å². The molecule has 1 aromatic carbocycles. The first-order valence-corrected chi connectivity index (χ1v) is 7.69. The molecule has 3 heterocycles. The van der Waals surface area contributed by atoms with Crippen molar-refractivity contribution in [2.45, 2.75) is 0 Å². The predicted molar refractivity (Wildman–Crippen MR) is 87.8 cm³/mol. The van der Waals surface area contributed by atoms with E-state index in [1.165, 1.54) is 11.3 Å². The molecule has 0 saturated heterocycles. The molecule has 0 aliphatic rings. The lowest BCUT2D eigenvalue weighted by atomic mass is 10.2. The van der Waals surface area contributed by atoms with Gasteiger partial charge in [0.2, 0.25) is 0 Å². The molecule has 5 nitrogen and oxygen atoms in total. The highest BCUT2D eigenvalue weighted by atomic mass is 35.5. The van der Waals surface area contributed by atoms with Crippen LogP contribution >= 0.6 is 22.9 Å². The largest absolute Gasteiger partial charge is 0.306 e. The predicted octanol–water partition coefficient (Wildman–Crippen LogP) is 3.85. The number of fused-ring (bicyclic) bond motifs is 2. The number of rotatable bonds is 2. The molecule has 0 atom stereocenters. The number of halogens is 1. The van der Waals surface area contributed by atoms with Crippen LogP contribution in [0.4, 0.5) is 5.13 Å². The van der Waals surface area contributed by atoms with E-state index in [1.807, 2.05) is 24.4 Å². The average Bonchev–Trinajstić information content (AvgIpc) is 3.11. The summed E-state index contributed by atoms with van der Waals surface area (Å²) in [5.74, 6) is -0.234. The van der Waals surface area contributed by atoms with Gasteiger partial charge in [0.25, 0.3) is 5.91 Å². The van der Waals surface area contributed by atoms with E-state index in [9.17, 15) is 4.79 Å². The molecule has 4 rings (SSSR count). The standard InChI is InChI=1S/C15H9ClN4OS/c16-9-3-4-11-12(8-9)22-15(18-11)19-14(21)10-2-1-6-20-7-5-17-13(10)20/h1-8H,(H,18,19,21). The molecule has 0 spiro atoms. The molecule has 0 aliphatic heterocycles. The Hall–Kier alpha value is -2.44. The van der Waals surface area contributed by atoms with Crippen molar-refractivity contribution in [3.63, 3.8) is 0 Å². The third-order valence-corrected chi connectivity index (χ3v) is 4.40. The number of nitrogens with one attached hydrogen (secondary N) is 1. The maximum atomic E-state index is 12.4. The summed E-state index contributed by atoms with van der Waals surface area (Å²) >= 11 is 7.35. The Morgan fingerprint density at radius 3 is 3.09 bits per heavy atom. The van der Waals surface area contributed by atoms with Crippen LogP contribution in [0.1, 0.15) is 10.4 Å². The lowest BCUT2D eigenvalue weighted by Gasteiger charge is -2.03. The quantitative estimate of drug-likeness (QED) is 0.608. The SMILES string of the molecule is O=C(Nc1nc2ccc(Cl)cc2s1)c1cccn2ccnc12. The van der Waals surface area contributed by atoms with E-state index in [4.69, 9.17) is 11.6 Å². The number of hydrogen-bond acceptors (Lipinski definition) is 4. The molecule has 108 valence electrons. The van der Waals surface area contributed by atoms with E-state index >= 15 is 0 Å². The molecule has 0 unspecified atom stereocenters. The van der Waals surface area contributed by atoms with Crippen LogP contribution in [-0.2, 0) is 0 Å². The van der Waals surface area contributed by atoms with Crippen LogP contribution in [-0.4, -0.2) is 20.3 Å². The highest BCUT2D eigenvalue weighted by molar-refractivity contribution is 7.22. The van der Waals surface area contributed by atoms with Gasteiger partial charge in [-0.05, 0) is 30.3 Å². The third kappa shape index (κ3) is 2.22. The Kier molecular flexibility index (Phi) is 3.06. The lowest BCUT2D eigenvalue weighted by Crippen LogP contribution is -2.13. The summed E-state index contributed by atoms with van der Waals surface area (Å²) in [5, 5.41) is 4.01. The molecule has 0 radical (unpaired) electrons. The minimum absolute atomic E-state index is 0.234. The van der Waals surface area contributed by atoms with Crippen molar-refractivity contribution in [2.24, 2.45) is 0 Å². The molecule has 0 bridgehead atoms. The summed E-state index contributed by atoms with van der Waals surface area (Å²) in [4.78, 5) is 21.0. The van der Waals surface area contributed by atoms with Crippen LogP contribution in [0, 0.1) is 0 Å². The fraction of sp³-hybridized carbons (Fsp3) is 0. The van der Waals surface area contributed by atoms with E-state index in [1.54, 1.807) is 28.9 Å². The smallest absolute Gasteiger partial charge is 0.261 e. The third-order valence-electron chi connectivity index (χ3n) is 3.23. The highest BCUT2D eigenvalue weighted by Gasteiger charge is 2.14. The maximum Gasteiger partial charge on any atom is 0.261 e. The number of hydrogen-bond donors (Lipinski definition) is 1. The average molecular weight is 329 g/mol. The second-order valence-electron chi connectivity index (χ2n) is 4.67. The molecular formula is C15H9ClN4OS. The first kappa shape index (κ1) is 13.2. The van der Waals surface area contributed by atoms with Crippen molar-refractivity contribution >= 4 is 49.8 Å². The summed E-state index contributed by atoms with van der Waals surface area (Å²) in [6, 6.07) is 8.99. The molecule has 0 aliphatic carbocycles. The molecule has 4 aromatic rings. The Morgan fingerprint density at radius 1 is 1.27 bits per heavy atom. The van der Waals surface area contributed by atoms with Gasteiger partial charge < -0.3 is 4.40 Å². The molecule has 0 saturated carbocycles. The molecular weight excluding hydrogens is 320 g/mol. The number of benzene rings is 1. The minimum atomic E-state index is -0.234. The molecule has 1 amide bonds. The summed E-state index contributed by atoms with van der Waals surface area (Å²) in [6.45, 7) is 0. The minimum Gasteiger partial charge on any atom is -0.306 e. The van der Waals surface area contributed by atoms with Crippen LogP contribution in [0.2, 0.25) is 5.02 Å². The zero-order chi connectivity index (χ0) is 15.1. The van der Waals surface area contributed by atoms with Crippen LogP contribution in [0.3, 0.4) is 0 Å². The molecule has 0 fully saturated rings. The number of carbonyl (C=O) groups excluding carboxylic acids is 1. The van der Waals surface area contributed by atoms with Crippen molar-refractivity contribution in [3.8, 4) is 0 Å². The topological polar surface area (TPSA) is 59.3 Å². The van der Waals surface area contributed by atoms with Gasteiger partial charge in [-0.15, -0.1) is 0 Å². The van der Waals surface area contributed by atoms with Gasteiger partial charge >= 0.3 is 0 Å². The first-order chi connectivity index (χ1) is 10.7. The Balaban J connectivity index is 1.69. The summed E-state index contributed by atoms with van der Waals surface area (Å²) in [7, 11) is 0. The number of carbonyl (C=O) groups is 1. The van der Waals surface area contributed by atoms with Gasteiger partial charge in [-0.25, -0.2) is 9.97 Å². The Labute approximate surface area is 134 Å². The number of anilines is 1. The maximum absolute atomic E-state index is 12.4. The van der Waals surface area contributed by atoms with Gasteiger partial charge in [0.1, 0.15) is 5.65 Å². The molecule has 3 aromatic heterocycles. The Morgan fingerprint density at radius 2 is 2.18 bits per heavy atom. The zero-order valence-corrected chi connectivity index (χ0v) is 12.7. The van der Waals surface area contributed by atoms with E-state index < -0.39 is 0 Å². The molecule has 7 heteroatoms. The van der Waals surface area contributed by atoms with Crippen molar-refractivity contribution in [2.75, 3.05) is 5.32 Å². The highest BCUT2D eigenvalue weighted by Crippen LogP contribution is 2.28. The second-order valence-corrected chi connectivity index (χ2v) is 6.13. The van der Waals surface area contributed by atoms with Crippen LogP contribution < -0.4 is 5.32 Å². The van der Waals surface area contributed by atoms with E-state index in [0.29, 0.717) is 21.4 Å². The summed E-state index contributed by atoms with van der Waals surface area (Å²) in [5.41, 5.74) is 1.93. The molecule has 1 N–H and O–H groups in total. The molecule has 22 heavy (non-hydrogen) atoms. The normalized spacial score (nSPS) is 11.1. The van der Waals surface area contributed by atoms with Gasteiger partial charge in [-0.2, -0.15) is 0 Å². The number of aromatic nitrogens is 3. The van der Waals surface area contributed by atoms with Crippen molar-refractivity contribution < 1.29 is 4.79 Å². The number of nitrogens with zero attached hydrogens (tertiary/aromatic N) is 3. The van der Waals surface area contributed by atoms with Crippen molar-refractivity contribution in [3.05, 3.63) is 59.5 Å². The second kappa shape index (κ2) is 5.08. The van der Waals surface area contributed by atoms with Crippen LogP contribution in [0.5, 0.6) is 0 Å². The monoisotopic (exact) mass is 328 g/mol. The fourth-order valence-corrected chi connectivity index (χ4v) is 3.38. The number of imidazole rings is 1. The van der Waals surface area contributed by atoms with Gasteiger partial charge in [0.05, 0.1) is 15.8 Å². The van der Waals surface area contributed by atoms with Crippen LogP contribution in [0.25, 0.3) is 15.9 Å². The van der Waals surface area contributed by atoms with E-state index in [2.05, 4.69) is 15.3 Å².